The van der Waals surface area contributed by atoms with Crippen molar-refractivity contribution < 1.29 is 4.74 Å². The Kier molecular flexibility index (Phi) is 6.21. The second-order valence-electron chi connectivity index (χ2n) is 6.16. The summed E-state index contributed by atoms with van der Waals surface area (Å²) in [5.74, 6) is 1.15. The minimum Gasteiger partial charge on any atom is -0.374 e. The van der Waals surface area contributed by atoms with Gasteiger partial charge in [-0.15, -0.1) is 0 Å². The van der Waals surface area contributed by atoms with E-state index < -0.39 is 0 Å². The van der Waals surface area contributed by atoms with E-state index in [9.17, 15) is 0 Å². The first kappa shape index (κ1) is 16.5. The molecule has 21 heavy (non-hydrogen) atoms. The van der Waals surface area contributed by atoms with Crippen LogP contribution in [0.15, 0.2) is 12.4 Å². The van der Waals surface area contributed by atoms with E-state index in [1.807, 2.05) is 12.4 Å². The van der Waals surface area contributed by atoms with Crippen molar-refractivity contribution in [2.45, 2.75) is 51.8 Å². The topological polar surface area (TPSA) is 42.3 Å². The first-order valence-corrected chi connectivity index (χ1v) is 8.17. The van der Waals surface area contributed by atoms with E-state index in [2.05, 4.69) is 47.6 Å². The third-order valence-electron chi connectivity index (χ3n) is 4.37. The molecule has 0 bridgehead atoms. The van der Waals surface area contributed by atoms with Gasteiger partial charge in [0.1, 0.15) is 5.82 Å². The normalized spacial score (nSPS) is 21.9. The number of aromatic nitrogens is 2. The Labute approximate surface area is 128 Å². The molecule has 2 rings (SSSR count). The van der Waals surface area contributed by atoms with Crippen LogP contribution in [0.25, 0.3) is 0 Å². The van der Waals surface area contributed by atoms with Gasteiger partial charge < -0.3 is 14.6 Å². The standard InChI is InChI=1S/C16H30N4O/c1-5-17-14(6-7-16-18-8-9-19(16)4)15-12-20(13(2)3)10-11-21-15/h8-9,13-15,17H,5-7,10-12H2,1-4H3. The maximum absolute atomic E-state index is 6.04. The van der Waals surface area contributed by atoms with E-state index in [1.54, 1.807) is 0 Å². The van der Waals surface area contributed by atoms with Gasteiger partial charge in [0.2, 0.25) is 0 Å². The van der Waals surface area contributed by atoms with Gasteiger partial charge in [0.05, 0.1) is 12.7 Å². The van der Waals surface area contributed by atoms with Gasteiger partial charge in [0.15, 0.2) is 0 Å². The molecule has 1 aliphatic rings. The van der Waals surface area contributed by atoms with E-state index in [-0.39, 0.29) is 6.10 Å². The second kappa shape index (κ2) is 7.92. The molecule has 1 fully saturated rings. The van der Waals surface area contributed by atoms with Crippen molar-refractivity contribution in [3.05, 3.63) is 18.2 Å². The van der Waals surface area contributed by atoms with E-state index in [4.69, 9.17) is 4.74 Å². The summed E-state index contributed by atoms with van der Waals surface area (Å²) in [6.45, 7) is 10.6. The molecule has 0 radical (unpaired) electrons. The molecule has 0 aliphatic carbocycles. The molecule has 5 nitrogen and oxygen atoms in total. The summed E-state index contributed by atoms with van der Waals surface area (Å²) in [4.78, 5) is 6.93. The zero-order chi connectivity index (χ0) is 15.2. The van der Waals surface area contributed by atoms with Crippen molar-refractivity contribution in [2.75, 3.05) is 26.2 Å². The Balaban J connectivity index is 1.92. The zero-order valence-corrected chi connectivity index (χ0v) is 13.9. The Morgan fingerprint density at radius 1 is 1.48 bits per heavy atom. The predicted molar refractivity (Wildman–Crippen MR) is 85.4 cm³/mol. The van der Waals surface area contributed by atoms with Crippen LogP contribution in [0.3, 0.4) is 0 Å². The summed E-state index contributed by atoms with van der Waals surface area (Å²) in [6, 6.07) is 0.987. The molecule has 5 heteroatoms. The number of imidazole rings is 1. The molecule has 0 aromatic carbocycles. The summed E-state index contributed by atoms with van der Waals surface area (Å²) >= 11 is 0. The molecule has 1 saturated heterocycles. The minimum absolute atomic E-state index is 0.279. The smallest absolute Gasteiger partial charge is 0.108 e. The van der Waals surface area contributed by atoms with E-state index in [1.165, 1.54) is 0 Å². The monoisotopic (exact) mass is 294 g/mol. The predicted octanol–water partition coefficient (Wildman–Crippen LogP) is 1.44. The molecule has 1 aliphatic heterocycles. The van der Waals surface area contributed by atoms with E-state index in [0.717, 1.165) is 44.9 Å². The van der Waals surface area contributed by atoms with E-state index >= 15 is 0 Å². The van der Waals surface area contributed by atoms with Crippen molar-refractivity contribution in [1.29, 1.82) is 0 Å². The van der Waals surface area contributed by atoms with Gasteiger partial charge >= 0.3 is 0 Å². The minimum atomic E-state index is 0.279. The lowest BCUT2D eigenvalue weighted by molar-refractivity contribution is -0.0563. The first-order valence-electron chi connectivity index (χ1n) is 8.17. The quantitative estimate of drug-likeness (QED) is 0.826. The third-order valence-corrected chi connectivity index (χ3v) is 4.37. The van der Waals surface area contributed by atoms with Crippen LogP contribution >= 0.6 is 0 Å². The van der Waals surface area contributed by atoms with Gasteiger partial charge in [-0.2, -0.15) is 0 Å². The molecule has 0 saturated carbocycles. The number of nitrogens with zero attached hydrogens (tertiary/aromatic N) is 3. The van der Waals surface area contributed by atoms with Gasteiger partial charge in [-0.1, -0.05) is 6.92 Å². The van der Waals surface area contributed by atoms with Crippen molar-refractivity contribution in [2.24, 2.45) is 7.05 Å². The van der Waals surface area contributed by atoms with Gasteiger partial charge in [-0.25, -0.2) is 4.98 Å². The molecular formula is C16H30N4O. The number of rotatable bonds is 7. The van der Waals surface area contributed by atoms with Crippen LogP contribution < -0.4 is 5.32 Å². The molecule has 2 unspecified atom stereocenters. The Hall–Kier alpha value is -0.910. The fourth-order valence-corrected chi connectivity index (χ4v) is 3.01. The molecule has 0 amide bonds. The number of nitrogens with one attached hydrogen (secondary N) is 1. The van der Waals surface area contributed by atoms with Crippen LogP contribution in [0.2, 0.25) is 0 Å². The second-order valence-corrected chi connectivity index (χ2v) is 6.16. The molecule has 1 N–H and O–H groups in total. The summed E-state index contributed by atoms with van der Waals surface area (Å²) in [5.41, 5.74) is 0. The Bertz CT molecular complexity index is 418. The van der Waals surface area contributed by atoms with Crippen LogP contribution in [0.1, 0.15) is 33.0 Å². The van der Waals surface area contributed by atoms with Crippen LogP contribution in [0, 0.1) is 0 Å². The van der Waals surface area contributed by atoms with Crippen molar-refractivity contribution in [3.8, 4) is 0 Å². The van der Waals surface area contributed by atoms with Gasteiger partial charge in [-0.3, -0.25) is 4.90 Å². The fraction of sp³-hybridized carbons (Fsp3) is 0.812. The highest BCUT2D eigenvalue weighted by molar-refractivity contribution is 4.94. The molecule has 0 spiro atoms. The summed E-state index contributed by atoms with van der Waals surface area (Å²) in [5, 5.41) is 3.61. The molecule has 2 atom stereocenters. The number of hydrogen-bond acceptors (Lipinski definition) is 4. The van der Waals surface area contributed by atoms with Gasteiger partial charge in [-0.05, 0) is 26.8 Å². The van der Waals surface area contributed by atoms with Crippen LogP contribution in [-0.4, -0.2) is 58.9 Å². The highest BCUT2D eigenvalue weighted by Crippen LogP contribution is 2.15. The lowest BCUT2D eigenvalue weighted by atomic mass is 10.0. The average Bonchev–Trinajstić information content (AvgIpc) is 2.89. The van der Waals surface area contributed by atoms with Crippen LogP contribution in [0.5, 0.6) is 0 Å². The van der Waals surface area contributed by atoms with Crippen LogP contribution in [-0.2, 0) is 18.2 Å². The van der Waals surface area contributed by atoms with Gasteiger partial charge in [0, 0.05) is 51.0 Å². The highest BCUT2D eigenvalue weighted by atomic mass is 16.5. The van der Waals surface area contributed by atoms with Gasteiger partial charge in [0.25, 0.3) is 0 Å². The lowest BCUT2D eigenvalue weighted by Gasteiger charge is -2.39. The summed E-state index contributed by atoms with van der Waals surface area (Å²) in [6.07, 6.45) is 6.21. The highest BCUT2D eigenvalue weighted by Gasteiger charge is 2.28. The molecular weight excluding hydrogens is 264 g/mol. The average molecular weight is 294 g/mol. The zero-order valence-electron chi connectivity index (χ0n) is 13.9. The number of hydrogen-bond donors (Lipinski definition) is 1. The largest absolute Gasteiger partial charge is 0.374 e. The first-order chi connectivity index (χ1) is 10.1. The molecule has 1 aromatic heterocycles. The molecule has 120 valence electrons. The van der Waals surface area contributed by atoms with Crippen molar-refractivity contribution in [1.82, 2.24) is 19.8 Å². The number of morpholine rings is 1. The Morgan fingerprint density at radius 2 is 2.29 bits per heavy atom. The third kappa shape index (κ3) is 4.53. The van der Waals surface area contributed by atoms with Crippen LogP contribution in [0.4, 0.5) is 0 Å². The van der Waals surface area contributed by atoms with Crippen molar-refractivity contribution >= 4 is 0 Å². The number of aryl methyl sites for hydroxylation is 2. The summed E-state index contributed by atoms with van der Waals surface area (Å²) in [7, 11) is 2.06. The molecule has 2 heterocycles. The fourth-order valence-electron chi connectivity index (χ4n) is 3.01. The maximum Gasteiger partial charge on any atom is 0.108 e. The summed E-state index contributed by atoms with van der Waals surface area (Å²) < 4.78 is 8.14. The van der Waals surface area contributed by atoms with Crippen molar-refractivity contribution in [3.63, 3.8) is 0 Å². The number of ether oxygens (including phenoxy) is 1. The maximum atomic E-state index is 6.04. The van der Waals surface area contributed by atoms with E-state index in [0.29, 0.717) is 12.1 Å². The lowest BCUT2D eigenvalue weighted by Crippen LogP contribution is -2.54. The molecule has 1 aromatic rings. The SMILES string of the molecule is CCNC(CCc1nccn1C)C1CN(C(C)C)CCO1. The number of likely N-dealkylation sites (N-methyl/N-ethyl adjacent to an activating group) is 1. The Morgan fingerprint density at radius 3 is 2.90 bits per heavy atom.